The Morgan fingerprint density at radius 3 is 2.55 bits per heavy atom. The van der Waals surface area contributed by atoms with Gasteiger partial charge in [0.15, 0.2) is 0 Å². The highest BCUT2D eigenvalue weighted by molar-refractivity contribution is 9.09. The number of ether oxygens (including phenoxy) is 1. The number of ketones is 1. The fourth-order valence-corrected chi connectivity index (χ4v) is 1.88. The van der Waals surface area contributed by atoms with Gasteiger partial charge in [0.25, 0.3) is 0 Å². The highest BCUT2D eigenvalue weighted by atomic mass is 79.9. The van der Waals surface area contributed by atoms with Gasteiger partial charge in [-0.05, 0) is 36.3 Å². The molecule has 0 heterocycles. The first-order chi connectivity index (χ1) is 9.31. The van der Waals surface area contributed by atoms with Crippen molar-refractivity contribution in [3.05, 3.63) is 35.4 Å². The van der Waals surface area contributed by atoms with E-state index in [-0.39, 0.29) is 11.5 Å². The average molecular weight is 349 g/mol. The van der Waals surface area contributed by atoms with Gasteiger partial charge >= 0.3 is 12.6 Å². The van der Waals surface area contributed by atoms with Gasteiger partial charge in [-0.3, -0.25) is 4.79 Å². The Balaban J connectivity index is 3.22. The topological polar surface area (TPSA) is 63.6 Å². The number of rotatable bonds is 6. The molecule has 7 heteroatoms. The molecule has 0 spiro atoms. The van der Waals surface area contributed by atoms with Gasteiger partial charge in [-0.15, -0.1) is 0 Å². The summed E-state index contributed by atoms with van der Waals surface area (Å²) in [6.07, 6.45) is 2.17. The first kappa shape index (κ1) is 16.3. The summed E-state index contributed by atoms with van der Waals surface area (Å²) in [6.45, 7) is -1.65. The third kappa shape index (κ3) is 4.73. The van der Waals surface area contributed by atoms with Crippen LogP contribution in [0.25, 0.3) is 6.08 Å². The predicted molar refractivity (Wildman–Crippen MR) is 72.1 cm³/mol. The standard InChI is InChI=1S/C13H11BrF2O4/c1-7(17)12(14)10-6-9(20-13(15)16)4-2-8(10)3-5-11(18)19/h2-6,12-13H,1H3,(H,18,19). The second-order valence-electron chi connectivity index (χ2n) is 3.81. The van der Waals surface area contributed by atoms with Crippen molar-refractivity contribution in [2.24, 2.45) is 0 Å². The van der Waals surface area contributed by atoms with Gasteiger partial charge in [0.1, 0.15) is 11.5 Å². The third-order valence-corrected chi connectivity index (χ3v) is 3.46. The van der Waals surface area contributed by atoms with E-state index in [4.69, 9.17) is 5.11 Å². The van der Waals surface area contributed by atoms with Crippen molar-refractivity contribution in [3.63, 3.8) is 0 Å². The first-order valence-corrected chi connectivity index (χ1v) is 6.37. The van der Waals surface area contributed by atoms with Crippen LogP contribution in [-0.2, 0) is 9.59 Å². The van der Waals surface area contributed by atoms with Crippen molar-refractivity contribution in [2.45, 2.75) is 18.4 Å². The van der Waals surface area contributed by atoms with Gasteiger partial charge in [-0.1, -0.05) is 22.0 Å². The Kier molecular flexibility index (Phi) is 5.82. The molecule has 0 aliphatic heterocycles. The molecule has 0 aliphatic rings. The largest absolute Gasteiger partial charge is 0.478 e. The van der Waals surface area contributed by atoms with Crippen LogP contribution in [0.3, 0.4) is 0 Å². The number of Topliss-reactive ketones (excluding diaryl/α,β-unsaturated/α-hetero) is 1. The molecule has 1 N–H and O–H groups in total. The summed E-state index contributed by atoms with van der Waals surface area (Å²) in [4.78, 5) is 21.2. The zero-order valence-electron chi connectivity index (χ0n) is 10.3. The Labute approximate surface area is 122 Å². The molecule has 0 radical (unpaired) electrons. The molecule has 0 saturated carbocycles. The number of hydrogen-bond donors (Lipinski definition) is 1. The number of hydrogen-bond acceptors (Lipinski definition) is 3. The van der Waals surface area contributed by atoms with E-state index in [1.54, 1.807) is 0 Å². The van der Waals surface area contributed by atoms with E-state index in [0.29, 0.717) is 11.1 Å². The number of carbonyl (C=O) groups excluding carboxylic acids is 1. The summed E-state index contributed by atoms with van der Waals surface area (Å²) in [5, 5.41) is 8.60. The number of carbonyl (C=O) groups is 2. The van der Waals surface area contributed by atoms with Crippen LogP contribution in [0.5, 0.6) is 5.75 Å². The molecule has 1 aromatic rings. The van der Waals surface area contributed by atoms with Crippen LogP contribution < -0.4 is 4.74 Å². The van der Waals surface area contributed by atoms with E-state index in [1.807, 2.05) is 0 Å². The van der Waals surface area contributed by atoms with Gasteiger partial charge in [-0.2, -0.15) is 8.78 Å². The lowest BCUT2D eigenvalue weighted by Gasteiger charge is -2.13. The Morgan fingerprint density at radius 2 is 2.05 bits per heavy atom. The van der Waals surface area contributed by atoms with E-state index in [9.17, 15) is 18.4 Å². The summed E-state index contributed by atoms with van der Waals surface area (Å²) >= 11 is 3.13. The molecule has 1 rings (SSSR count). The normalized spacial score (nSPS) is 12.7. The second-order valence-corrected chi connectivity index (χ2v) is 4.73. The highest BCUT2D eigenvalue weighted by Crippen LogP contribution is 2.31. The van der Waals surface area contributed by atoms with Gasteiger partial charge < -0.3 is 9.84 Å². The molecule has 20 heavy (non-hydrogen) atoms. The molecule has 0 aromatic heterocycles. The minimum absolute atomic E-state index is 0.104. The fraction of sp³-hybridized carbons (Fsp3) is 0.231. The summed E-state index contributed by atoms with van der Waals surface area (Å²) < 4.78 is 28.6. The van der Waals surface area contributed by atoms with E-state index in [1.165, 1.54) is 31.2 Å². The molecule has 1 aromatic carbocycles. The van der Waals surface area contributed by atoms with Gasteiger partial charge in [0.2, 0.25) is 0 Å². The lowest BCUT2D eigenvalue weighted by atomic mass is 10.0. The van der Waals surface area contributed by atoms with Gasteiger partial charge in [0.05, 0.1) is 4.83 Å². The highest BCUT2D eigenvalue weighted by Gasteiger charge is 2.17. The maximum Gasteiger partial charge on any atom is 0.387 e. The zero-order chi connectivity index (χ0) is 15.3. The van der Waals surface area contributed by atoms with E-state index >= 15 is 0 Å². The van der Waals surface area contributed by atoms with Crippen molar-refractivity contribution < 1.29 is 28.2 Å². The van der Waals surface area contributed by atoms with E-state index in [2.05, 4.69) is 20.7 Å². The van der Waals surface area contributed by atoms with Crippen molar-refractivity contribution in [1.29, 1.82) is 0 Å². The van der Waals surface area contributed by atoms with Gasteiger partial charge in [0, 0.05) is 6.08 Å². The maximum atomic E-state index is 12.2. The maximum absolute atomic E-state index is 12.2. The van der Waals surface area contributed by atoms with Crippen molar-refractivity contribution >= 4 is 33.8 Å². The molecule has 0 saturated heterocycles. The Hall–Kier alpha value is -1.76. The van der Waals surface area contributed by atoms with Crippen molar-refractivity contribution in [2.75, 3.05) is 0 Å². The molecular formula is C13H11BrF2O4. The number of benzene rings is 1. The molecule has 108 valence electrons. The van der Waals surface area contributed by atoms with Crippen LogP contribution in [0.2, 0.25) is 0 Å². The lowest BCUT2D eigenvalue weighted by molar-refractivity contribution is -0.131. The minimum atomic E-state index is -2.98. The quantitative estimate of drug-likeness (QED) is 0.632. The molecule has 0 amide bonds. The molecule has 0 bridgehead atoms. The minimum Gasteiger partial charge on any atom is -0.478 e. The summed E-state index contributed by atoms with van der Waals surface area (Å²) in [6, 6.07) is 3.95. The molecule has 0 aliphatic carbocycles. The molecule has 1 atom stereocenters. The van der Waals surface area contributed by atoms with Gasteiger partial charge in [-0.25, -0.2) is 4.79 Å². The molecule has 4 nitrogen and oxygen atoms in total. The van der Waals surface area contributed by atoms with Crippen LogP contribution in [0.1, 0.15) is 22.9 Å². The lowest BCUT2D eigenvalue weighted by Crippen LogP contribution is -2.06. The van der Waals surface area contributed by atoms with Crippen LogP contribution in [0.4, 0.5) is 8.78 Å². The number of aliphatic carboxylic acids is 1. The summed E-state index contributed by atoms with van der Waals surface area (Å²) in [7, 11) is 0. The number of halogens is 3. The summed E-state index contributed by atoms with van der Waals surface area (Å²) in [5.41, 5.74) is 0.777. The van der Waals surface area contributed by atoms with E-state index in [0.717, 1.165) is 6.08 Å². The second kappa shape index (κ2) is 7.14. The summed E-state index contributed by atoms with van der Waals surface area (Å²) in [5.74, 6) is -1.50. The zero-order valence-corrected chi connectivity index (χ0v) is 11.9. The number of alkyl halides is 3. The van der Waals surface area contributed by atoms with Crippen molar-refractivity contribution in [1.82, 2.24) is 0 Å². The Bertz CT molecular complexity index is 543. The van der Waals surface area contributed by atoms with Crippen LogP contribution in [-0.4, -0.2) is 23.5 Å². The Morgan fingerprint density at radius 1 is 1.40 bits per heavy atom. The van der Waals surface area contributed by atoms with Crippen LogP contribution >= 0.6 is 15.9 Å². The van der Waals surface area contributed by atoms with Crippen LogP contribution in [0, 0.1) is 0 Å². The third-order valence-electron chi connectivity index (χ3n) is 2.32. The number of carboxylic acid groups (broad SMARTS) is 1. The average Bonchev–Trinajstić information content (AvgIpc) is 2.35. The number of carboxylic acids is 1. The van der Waals surface area contributed by atoms with Crippen molar-refractivity contribution in [3.8, 4) is 5.75 Å². The monoisotopic (exact) mass is 348 g/mol. The smallest absolute Gasteiger partial charge is 0.387 e. The first-order valence-electron chi connectivity index (χ1n) is 5.45. The predicted octanol–water partition coefficient (Wildman–Crippen LogP) is 3.41. The molecular weight excluding hydrogens is 338 g/mol. The fourth-order valence-electron chi connectivity index (χ4n) is 1.48. The SMILES string of the molecule is CC(=O)C(Br)c1cc(OC(F)F)ccc1C=CC(=O)O. The molecule has 1 unspecified atom stereocenters. The van der Waals surface area contributed by atoms with Crippen LogP contribution in [0.15, 0.2) is 24.3 Å². The molecule has 0 fully saturated rings. The van der Waals surface area contributed by atoms with E-state index < -0.39 is 17.4 Å².